The number of benzene rings is 1. The molecule has 0 aliphatic rings. The number of hydrogen-bond donors (Lipinski definition) is 2. The van der Waals surface area contributed by atoms with Crippen LogP contribution in [0.4, 0.5) is 0 Å². The molecular formula is C17H26IN5. The molecule has 0 radical (unpaired) electrons. The van der Waals surface area contributed by atoms with Gasteiger partial charge in [-0.1, -0.05) is 37.3 Å². The van der Waals surface area contributed by atoms with Gasteiger partial charge < -0.3 is 15.6 Å². The number of aromatic nitrogens is 2. The highest BCUT2D eigenvalue weighted by Crippen LogP contribution is 2.06. The van der Waals surface area contributed by atoms with Gasteiger partial charge in [-0.2, -0.15) is 0 Å². The van der Waals surface area contributed by atoms with Crippen molar-refractivity contribution >= 4 is 29.9 Å². The number of nitrogens with two attached hydrogens (primary N) is 1. The van der Waals surface area contributed by atoms with E-state index in [2.05, 4.69) is 58.0 Å². The lowest BCUT2D eigenvalue weighted by atomic mass is 10.2. The maximum absolute atomic E-state index is 5.86. The van der Waals surface area contributed by atoms with Gasteiger partial charge >= 0.3 is 0 Å². The Kier molecular flexibility index (Phi) is 8.68. The summed E-state index contributed by atoms with van der Waals surface area (Å²) in [6.07, 6.45) is 5.65. The fourth-order valence-electron chi connectivity index (χ4n) is 2.17. The van der Waals surface area contributed by atoms with E-state index in [0.29, 0.717) is 18.5 Å². The summed E-state index contributed by atoms with van der Waals surface area (Å²) in [6.45, 7) is 5.68. The summed E-state index contributed by atoms with van der Waals surface area (Å²) in [6, 6.07) is 10.7. The Labute approximate surface area is 155 Å². The lowest BCUT2D eigenvalue weighted by Gasteiger charge is -2.11. The fraction of sp³-hybridized carbons (Fsp3) is 0.412. The van der Waals surface area contributed by atoms with Gasteiger partial charge in [0.15, 0.2) is 5.96 Å². The Bertz CT molecular complexity index is 594. The molecule has 0 aliphatic heterocycles. The van der Waals surface area contributed by atoms with Gasteiger partial charge in [0.25, 0.3) is 0 Å². The van der Waals surface area contributed by atoms with Crippen molar-refractivity contribution in [3.63, 3.8) is 0 Å². The van der Waals surface area contributed by atoms with Crippen molar-refractivity contribution < 1.29 is 0 Å². The first-order valence-electron chi connectivity index (χ1n) is 7.79. The molecule has 2 aromatic rings. The van der Waals surface area contributed by atoms with Crippen molar-refractivity contribution in [3.05, 3.63) is 54.1 Å². The second-order valence-electron chi connectivity index (χ2n) is 5.43. The van der Waals surface area contributed by atoms with Gasteiger partial charge in [0.1, 0.15) is 5.82 Å². The summed E-state index contributed by atoms with van der Waals surface area (Å²) >= 11 is 0. The van der Waals surface area contributed by atoms with E-state index < -0.39 is 0 Å². The number of halogens is 1. The minimum Gasteiger partial charge on any atom is -0.370 e. The molecule has 1 aromatic carbocycles. The Morgan fingerprint density at radius 1 is 1.35 bits per heavy atom. The lowest BCUT2D eigenvalue weighted by molar-refractivity contribution is 0.635. The van der Waals surface area contributed by atoms with Gasteiger partial charge in [-0.05, 0) is 18.9 Å². The molecule has 0 saturated carbocycles. The van der Waals surface area contributed by atoms with Crippen LogP contribution in [0, 0.1) is 0 Å². The molecular weight excluding hydrogens is 401 g/mol. The van der Waals surface area contributed by atoms with Crippen LogP contribution in [0.25, 0.3) is 0 Å². The third-order valence-corrected chi connectivity index (χ3v) is 3.62. The van der Waals surface area contributed by atoms with Gasteiger partial charge in [-0.15, -0.1) is 24.0 Å². The van der Waals surface area contributed by atoms with Crippen LogP contribution in [0.5, 0.6) is 0 Å². The average Bonchev–Trinajstić information content (AvgIpc) is 2.95. The second kappa shape index (κ2) is 10.3. The number of aliphatic imine (C=N–C) groups is 1. The smallest absolute Gasteiger partial charge is 0.188 e. The highest BCUT2D eigenvalue weighted by Gasteiger charge is 2.04. The molecule has 1 unspecified atom stereocenters. The Morgan fingerprint density at radius 2 is 2.09 bits per heavy atom. The van der Waals surface area contributed by atoms with E-state index in [1.54, 1.807) is 0 Å². The Balaban J connectivity index is 0.00000264. The third-order valence-electron chi connectivity index (χ3n) is 3.62. The first-order valence-corrected chi connectivity index (χ1v) is 7.79. The molecule has 5 nitrogen and oxygen atoms in total. The quantitative estimate of drug-likeness (QED) is 0.406. The molecule has 2 rings (SSSR count). The van der Waals surface area contributed by atoms with Gasteiger partial charge in [0.05, 0.1) is 0 Å². The Morgan fingerprint density at radius 3 is 2.78 bits per heavy atom. The van der Waals surface area contributed by atoms with Crippen LogP contribution >= 0.6 is 24.0 Å². The molecule has 0 aliphatic carbocycles. The van der Waals surface area contributed by atoms with Crippen molar-refractivity contribution in [2.75, 3.05) is 6.54 Å². The standard InChI is InChI=1S/C17H25N5.HI/c1-3-14(2)21-17(18)20-10-9-16-19-11-12-22(16)13-15-7-5-4-6-8-15;/h4-8,11-12,14H,3,9-10,13H2,1-2H3,(H3,18,20,21);1H. The van der Waals surface area contributed by atoms with Gasteiger partial charge in [-0.25, -0.2) is 4.98 Å². The number of nitrogens with one attached hydrogen (secondary N) is 1. The van der Waals surface area contributed by atoms with E-state index in [4.69, 9.17) is 5.73 Å². The zero-order chi connectivity index (χ0) is 15.8. The van der Waals surface area contributed by atoms with Crippen molar-refractivity contribution in [1.82, 2.24) is 14.9 Å². The third kappa shape index (κ3) is 6.60. The molecule has 6 heteroatoms. The SMILES string of the molecule is CCC(C)NC(N)=NCCc1nccn1Cc1ccccc1.I. The van der Waals surface area contributed by atoms with E-state index in [1.165, 1.54) is 5.56 Å². The number of nitrogens with zero attached hydrogens (tertiary/aromatic N) is 3. The molecule has 0 saturated heterocycles. The van der Waals surface area contributed by atoms with Crippen LogP contribution in [0.1, 0.15) is 31.7 Å². The predicted octanol–water partition coefficient (Wildman–Crippen LogP) is 2.79. The second-order valence-corrected chi connectivity index (χ2v) is 5.43. The van der Waals surface area contributed by atoms with Crippen LogP contribution in [-0.2, 0) is 13.0 Å². The van der Waals surface area contributed by atoms with E-state index in [-0.39, 0.29) is 24.0 Å². The maximum atomic E-state index is 5.86. The van der Waals surface area contributed by atoms with E-state index >= 15 is 0 Å². The van der Waals surface area contributed by atoms with Crippen LogP contribution < -0.4 is 11.1 Å². The summed E-state index contributed by atoms with van der Waals surface area (Å²) < 4.78 is 2.16. The molecule has 0 fully saturated rings. The number of rotatable bonds is 7. The molecule has 126 valence electrons. The largest absolute Gasteiger partial charge is 0.370 e. The summed E-state index contributed by atoms with van der Waals surface area (Å²) in [4.78, 5) is 8.78. The molecule has 0 bridgehead atoms. The first kappa shape index (κ1) is 19.5. The molecule has 0 amide bonds. The lowest BCUT2D eigenvalue weighted by Crippen LogP contribution is -2.38. The minimum absolute atomic E-state index is 0. The van der Waals surface area contributed by atoms with Gasteiger partial charge in [0.2, 0.25) is 0 Å². The number of guanidine groups is 1. The van der Waals surface area contributed by atoms with Crippen molar-refractivity contribution in [1.29, 1.82) is 0 Å². The zero-order valence-corrected chi connectivity index (χ0v) is 16.1. The maximum Gasteiger partial charge on any atom is 0.188 e. The normalized spacial score (nSPS) is 12.5. The van der Waals surface area contributed by atoms with Crippen molar-refractivity contribution in [2.24, 2.45) is 10.7 Å². The summed E-state index contributed by atoms with van der Waals surface area (Å²) in [5, 5.41) is 3.16. The molecule has 1 heterocycles. The van der Waals surface area contributed by atoms with Crippen LogP contribution in [0.3, 0.4) is 0 Å². The minimum atomic E-state index is 0. The van der Waals surface area contributed by atoms with Crippen molar-refractivity contribution in [2.45, 2.75) is 39.3 Å². The van der Waals surface area contributed by atoms with Crippen molar-refractivity contribution in [3.8, 4) is 0 Å². The summed E-state index contributed by atoms with van der Waals surface area (Å²) in [5.74, 6) is 1.54. The van der Waals surface area contributed by atoms with Gasteiger partial charge in [0, 0.05) is 37.9 Å². The summed E-state index contributed by atoms with van der Waals surface area (Å²) in [7, 11) is 0. The van der Waals surface area contributed by atoms with Crippen LogP contribution in [0.2, 0.25) is 0 Å². The van der Waals surface area contributed by atoms with Gasteiger partial charge in [-0.3, -0.25) is 4.99 Å². The molecule has 23 heavy (non-hydrogen) atoms. The van der Waals surface area contributed by atoms with Crippen LogP contribution in [0.15, 0.2) is 47.7 Å². The number of imidazole rings is 1. The fourth-order valence-corrected chi connectivity index (χ4v) is 2.17. The molecule has 3 N–H and O–H groups in total. The molecule has 1 aromatic heterocycles. The summed E-state index contributed by atoms with van der Waals surface area (Å²) in [5.41, 5.74) is 7.13. The Hall–Kier alpha value is -1.57. The first-order chi connectivity index (χ1) is 10.7. The van der Waals surface area contributed by atoms with E-state index in [0.717, 1.165) is 25.2 Å². The molecule has 0 spiro atoms. The van der Waals surface area contributed by atoms with Crippen LogP contribution in [-0.4, -0.2) is 28.1 Å². The highest BCUT2D eigenvalue weighted by molar-refractivity contribution is 14.0. The number of hydrogen-bond acceptors (Lipinski definition) is 2. The molecule has 1 atom stereocenters. The average molecular weight is 427 g/mol. The topological polar surface area (TPSA) is 68.2 Å². The predicted molar refractivity (Wildman–Crippen MR) is 106 cm³/mol. The monoisotopic (exact) mass is 427 g/mol. The van der Waals surface area contributed by atoms with E-state index in [9.17, 15) is 0 Å². The van der Waals surface area contributed by atoms with E-state index in [1.807, 2.05) is 18.5 Å². The highest BCUT2D eigenvalue weighted by atomic mass is 127. The zero-order valence-electron chi connectivity index (χ0n) is 13.8.